The summed E-state index contributed by atoms with van der Waals surface area (Å²) >= 11 is 1.74. The third kappa shape index (κ3) is 3.50. The van der Waals surface area contributed by atoms with Gasteiger partial charge >= 0.3 is 0 Å². The maximum absolute atomic E-state index is 4.14. The summed E-state index contributed by atoms with van der Waals surface area (Å²) in [6.45, 7) is 8.21. The summed E-state index contributed by atoms with van der Waals surface area (Å²) in [4.78, 5) is 7.90. The van der Waals surface area contributed by atoms with Gasteiger partial charge in [-0.25, -0.2) is 0 Å². The highest BCUT2D eigenvalue weighted by Crippen LogP contribution is 2.30. The highest BCUT2D eigenvalue weighted by Gasteiger charge is 2.28. The summed E-state index contributed by atoms with van der Waals surface area (Å²) in [5.41, 5.74) is 2.37. The van der Waals surface area contributed by atoms with Crippen LogP contribution in [0.2, 0.25) is 0 Å². The van der Waals surface area contributed by atoms with Crippen molar-refractivity contribution in [1.29, 1.82) is 0 Å². The summed E-state index contributed by atoms with van der Waals surface area (Å²) in [6, 6.07) is 0.430. The van der Waals surface area contributed by atoms with Gasteiger partial charge in [0, 0.05) is 23.7 Å². The number of hydrogen-bond acceptors (Lipinski definition) is 4. The van der Waals surface area contributed by atoms with E-state index in [1.165, 1.54) is 30.8 Å². The molecule has 0 spiro atoms. The zero-order valence-electron chi connectivity index (χ0n) is 11.1. The van der Waals surface area contributed by atoms with Gasteiger partial charge in [-0.2, -0.15) is 0 Å². The van der Waals surface area contributed by atoms with Gasteiger partial charge in [-0.1, -0.05) is 6.92 Å². The highest BCUT2D eigenvalue weighted by atomic mass is 32.1. The van der Waals surface area contributed by atoms with E-state index in [1.54, 1.807) is 11.3 Å². The molecule has 0 bridgehead atoms. The summed E-state index contributed by atoms with van der Waals surface area (Å²) in [5.74, 6) is 0. The van der Waals surface area contributed by atoms with Crippen LogP contribution in [0.15, 0.2) is 11.7 Å². The first-order valence-corrected chi connectivity index (χ1v) is 7.27. The summed E-state index contributed by atoms with van der Waals surface area (Å²) in [6.07, 6.45) is 4.57. The van der Waals surface area contributed by atoms with Gasteiger partial charge in [-0.15, -0.1) is 11.3 Å². The molecule has 4 heteroatoms. The predicted molar refractivity (Wildman–Crippen MR) is 73.4 cm³/mol. The summed E-state index contributed by atoms with van der Waals surface area (Å²) < 4.78 is 0. The lowest BCUT2D eigenvalue weighted by Crippen LogP contribution is -2.42. The lowest BCUT2D eigenvalue weighted by atomic mass is 9.80. The maximum atomic E-state index is 4.14. The van der Waals surface area contributed by atoms with Crippen molar-refractivity contribution in [2.75, 3.05) is 26.7 Å². The SMILES string of the molecule is CC(NCC1(C)CCN(C)CC1)c1cncs1. The zero-order valence-corrected chi connectivity index (χ0v) is 11.9. The molecular weight excluding hydrogens is 230 g/mol. The standard InChI is InChI=1S/C13H23N3S/c1-11(12-8-14-10-17-12)15-9-13(2)4-6-16(3)7-5-13/h8,10-11,15H,4-7,9H2,1-3H3. The minimum absolute atomic E-state index is 0.430. The molecule has 2 rings (SSSR count). The maximum Gasteiger partial charge on any atom is 0.0794 e. The Morgan fingerprint density at radius 1 is 1.53 bits per heavy atom. The van der Waals surface area contributed by atoms with E-state index in [1.807, 2.05) is 11.7 Å². The van der Waals surface area contributed by atoms with Gasteiger partial charge in [0.15, 0.2) is 0 Å². The Hall–Kier alpha value is -0.450. The second-order valence-electron chi connectivity index (χ2n) is 5.62. The normalized spacial score (nSPS) is 22.5. The predicted octanol–water partition coefficient (Wildman–Crippen LogP) is 2.53. The molecule has 0 aromatic carbocycles. The molecule has 1 saturated heterocycles. The average molecular weight is 253 g/mol. The van der Waals surface area contributed by atoms with Crippen molar-refractivity contribution in [2.24, 2.45) is 5.41 Å². The number of likely N-dealkylation sites (tertiary alicyclic amines) is 1. The van der Waals surface area contributed by atoms with Gasteiger partial charge in [-0.05, 0) is 45.3 Å². The smallest absolute Gasteiger partial charge is 0.0794 e. The van der Waals surface area contributed by atoms with E-state index in [2.05, 4.69) is 36.1 Å². The fraction of sp³-hybridized carbons (Fsp3) is 0.769. The van der Waals surface area contributed by atoms with Crippen LogP contribution in [0.5, 0.6) is 0 Å². The van der Waals surface area contributed by atoms with E-state index < -0.39 is 0 Å². The molecule has 0 aliphatic carbocycles. The topological polar surface area (TPSA) is 28.2 Å². The van der Waals surface area contributed by atoms with Gasteiger partial charge in [0.25, 0.3) is 0 Å². The van der Waals surface area contributed by atoms with Crippen LogP contribution in [0.3, 0.4) is 0 Å². The van der Waals surface area contributed by atoms with Crippen LogP contribution in [0.1, 0.15) is 37.6 Å². The Bertz CT molecular complexity index is 328. The molecule has 1 atom stereocenters. The van der Waals surface area contributed by atoms with Crippen LogP contribution < -0.4 is 5.32 Å². The Morgan fingerprint density at radius 2 is 2.24 bits per heavy atom. The van der Waals surface area contributed by atoms with Crippen LogP contribution in [0.4, 0.5) is 0 Å². The fourth-order valence-electron chi connectivity index (χ4n) is 2.27. The van der Waals surface area contributed by atoms with Crippen molar-refractivity contribution in [2.45, 2.75) is 32.7 Å². The lowest BCUT2D eigenvalue weighted by Gasteiger charge is -2.38. The molecule has 1 aromatic heterocycles. The van der Waals surface area contributed by atoms with E-state index in [-0.39, 0.29) is 0 Å². The molecule has 3 nitrogen and oxygen atoms in total. The number of piperidine rings is 1. The first kappa shape index (κ1) is 13.0. The second-order valence-corrected chi connectivity index (χ2v) is 6.54. The molecule has 0 saturated carbocycles. The quantitative estimate of drug-likeness (QED) is 0.894. The molecular formula is C13H23N3S. The number of nitrogens with zero attached hydrogens (tertiary/aromatic N) is 2. The lowest BCUT2D eigenvalue weighted by molar-refractivity contribution is 0.134. The van der Waals surface area contributed by atoms with Crippen molar-refractivity contribution in [1.82, 2.24) is 15.2 Å². The molecule has 0 amide bonds. The van der Waals surface area contributed by atoms with Crippen molar-refractivity contribution < 1.29 is 0 Å². The van der Waals surface area contributed by atoms with Gasteiger partial charge in [0.05, 0.1) is 5.51 Å². The fourth-order valence-corrected chi connectivity index (χ4v) is 2.93. The molecule has 96 valence electrons. The van der Waals surface area contributed by atoms with Gasteiger partial charge < -0.3 is 10.2 Å². The summed E-state index contributed by atoms with van der Waals surface area (Å²) in [5, 5.41) is 3.66. The van der Waals surface area contributed by atoms with Crippen LogP contribution in [0, 0.1) is 5.41 Å². The van der Waals surface area contributed by atoms with Crippen LogP contribution in [0.25, 0.3) is 0 Å². The first-order chi connectivity index (χ1) is 8.09. The van der Waals surface area contributed by atoms with Crippen molar-refractivity contribution in [3.05, 3.63) is 16.6 Å². The number of thiazole rings is 1. The van der Waals surface area contributed by atoms with Gasteiger partial charge in [-0.3, -0.25) is 4.98 Å². The van der Waals surface area contributed by atoms with Crippen LogP contribution >= 0.6 is 11.3 Å². The Labute approximate surface area is 108 Å². The zero-order chi connectivity index (χ0) is 12.3. The Kier molecular flexibility index (Phi) is 4.17. The van der Waals surface area contributed by atoms with E-state index in [9.17, 15) is 0 Å². The van der Waals surface area contributed by atoms with E-state index >= 15 is 0 Å². The molecule has 1 aliphatic heterocycles. The van der Waals surface area contributed by atoms with Crippen LogP contribution in [-0.4, -0.2) is 36.6 Å². The van der Waals surface area contributed by atoms with Crippen molar-refractivity contribution >= 4 is 11.3 Å². The van der Waals surface area contributed by atoms with Crippen molar-refractivity contribution in [3.63, 3.8) is 0 Å². The molecule has 0 radical (unpaired) electrons. The average Bonchev–Trinajstić information content (AvgIpc) is 2.84. The van der Waals surface area contributed by atoms with Crippen molar-refractivity contribution in [3.8, 4) is 0 Å². The minimum atomic E-state index is 0.430. The van der Waals surface area contributed by atoms with E-state index in [4.69, 9.17) is 0 Å². The highest BCUT2D eigenvalue weighted by molar-refractivity contribution is 7.09. The Morgan fingerprint density at radius 3 is 2.82 bits per heavy atom. The number of hydrogen-bond donors (Lipinski definition) is 1. The number of rotatable bonds is 4. The monoisotopic (exact) mass is 253 g/mol. The molecule has 1 aromatic rings. The van der Waals surface area contributed by atoms with Gasteiger partial charge in [0.1, 0.15) is 0 Å². The van der Waals surface area contributed by atoms with Crippen LogP contribution in [-0.2, 0) is 0 Å². The molecule has 1 unspecified atom stereocenters. The van der Waals surface area contributed by atoms with E-state index in [0.29, 0.717) is 11.5 Å². The molecule has 1 aliphatic rings. The number of nitrogens with one attached hydrogen (secondary N) is 1. The Balaban J connectivity index is 1.81. The molecule has 1 N–H and O–H groups in total. The molecule has 1 fully saturated rings. The van der Waals surface area contributed by atoms with Gasteiger partial charge in [0.2, 0.25) is 0 Å². The minimum Gasteiger partial charge on any atom is -0.309 e. The summed E-state index contributed by atoms with van der Waals surface area (Å²) in [7, 11) is 2.22. The third-order valence-electron chi connectivity index (χ3n) is 3.91. The molecule has 2 heterocycles. The number of aromatic nitrogens is 1. The molecule has 17 heavy (non-hydrogen) atoms. The largest absolute Gasteiger partial charge is 0.309 e. The van der Waals surface area contributed by atoms with E-state index in [0.717, 1.165) is 6.54 Å². The second kappa shape index (κ2) is 5.46. The first-order valence-electron chi connectivity index (χ1n) is 6.39. The third-order valence-corrected chi connectivity index (χ3v) is 4.87.